The molecule has 0 saturated heterocycles. The molecule has 2 heteroatoms. The molecule has 2 nitrogen and oxygen atoms in total. The summed E-state index contributed by atoms with van der Waals surface area (Å²) in [5, 5.41) is 2.14. The van der Waals surface area contributed by atoms with Gasteiger partial charge in [0.25, 0.3) is 0 Å². The Morgan fingerprint density at radius 2 is 2.42 bits per heavy atom. The van der Waals surface area contributed by atoms with E-state index in [4.69, 9.17) is 4.74 Å². The predicted octanol–water partition coefficient (Wildman–Crippen LogP) is 0.0618. The van der Waals surface area contributed by atoms with E-state index in [0.717, 1.165) is 16.3 Å². The number of fused-ring (bicyclic) bond motifs is 3. The number of ether oxygens (including phenoxy) is 1. The van der Waals surface area contributed by atoms with E-state index in [9.17, 15) is 0 Å². The van der Waals surface area contributed by atoms with Gasteiger partial charge in [0.1, 0.15) is 12.0 Å². The first-order valence-electron chi connectivity index (χ1n) is 3.95. The molecule has 1 aliphatic heterocycles. The van der Waals surface area contributed by atoms with Crippen molar-refractivity contribution in [3.8, 4) is 5.75 Å². The van der Waals surface area contributed by atoms with Crippen molar-refractivity contribution >= 4 is 18.2 Å². The molecule has 0 unspecified atom stereocenters. The number of rotatable bonds is 0. The molecule has 2 aliphatic rings. The monoisotopic (exact) mass is 157 g/mol. The number of hydrogen-bond acceptors (Lipinski definition) is 2. The number of allylic oxidation sites excluding steroid dienone is 1. The molecular formula is C10H7NO. The summed E-state index contributed by atoms with van der Waals surface area (Å²) in [5.41, 5.74) is 1.17. The summed E-state index contributed by atoms with van der Waals surface area (Å²) in [6, 6.07) is 0. The van der Waals surface area contributed by atoms with Crippen molar-refractivity contribution in [1.29, 1.82) is 0 Å². The van der Waals surface area contributed by atoms with Gasteiger partial charge in [-0.15, -0.1) is 0 Å². The highest BCUT2D eigenvalue weighted by atomic mass is 16.5. The molecule has 0 atom stereocenters. The molecule has 58 valence electrons. The first-order chi connectivity index (χ1) is 5.95. The van der Waals surface area contributed by atoms with Crippen molar-refractivity contribution in [2.45, 2.75) is 0 Å². The number of nitrogens with zero attached hydrogens (tertiary/aromatic N) is 1. The van der Waals surface area contributed by atoms with Crippen molar-refractivity contribution < 1.29 is 4.74 Å². The first kappa shape index (κ1) is 6.00. The van der Waals surface area contributed by atoms with E-state index in [1.165, 1.54) is 5.56 Å². The fraction of sp³-hybridized carbons (Fsp3) is 0.100. The molecule has 0 amide bonds. The second kappa shape index (κ2) is 1.97. The molecule has 1 aromatic heterocycles. The van der Waals surface area contributed by atoms with Gasteiger partial charge in [-0.25, -0.2) is 0 Å². The van der Waals surface area contributed by atoms with Crippen molar-refractivity contribution in [3.05, 3.63) is 28.4 Å². The SMILES string of the molecule is C1=Cc2c3c(ncc2=C1)=CCO3. The Morgan fingerprint density at radius 3 is 3.42 bits per heavy atom. The smallest absolute Gasteiger partial charge is 0.153 e. The van der Waals surface area contributed by atoms with Crippen molar-refractivity contribution in [2.24, 2.45) is 0 Å². The first-order valence-corrected chi connectivity index (χ1v) is 3.95. The highest BCUT2D eigenvalue weighted by molar-refractivity contribution is 5.71. The topological polar surface area (TPSA) is 22.1 Å². The van der Waals surface area contributed by atoms with Gasteiger partial charge < -0.3 is 4.74 Å². The Kier molecular flexibility index (Phi) is 0.987. The Hall–Kier alpha value is -1.57. The zero-order valence-corrected chi connectivity index (χ0v) is 6.45. The van der Waals surface area contributed by atoms with Crippen LogP contribution in [0.15, 0.2) is 12.3 Å². The van der Waals surface area contributed by atoms with Crippen LogP contribution < -0.4 is 15.3 Å². The molecule has 1 aliphatic carbocycles. The van der Waals surface area contributed by atoms with E-state index >= 15 is 0 Å². The number of hydrogen-bond donors (Lipinski definition) is 0. The molecule has 0 bridgehead atoms. The third kappa shape index (κ3) is 0.619. The second-order valence-electron chi connectivity index (χ2n) is 2.88. The summed E-state index contributed by atoms with van der Waals surface area (Å²) in [7, 11) is 0. The van der Waals surface area contributed by atoms with Crippen LogP contribution in [0.4, 0.5) is 0 Å². The normalized spacial score (nSPS) is 16.0. The van der Waals surface area contributed by atoms with Gasteiger partial charge in [0.05, 0.1) is 0 Å². The van der Waals surface area contributed by atoms with E-state index in [1.54, 1.807) is 0 Å². The molecule has 12 heavy (non-hydrogen) atoms. The van der Waals surface area contributed by atoms with E-state index < -0.39 is 0 Å². The maximum Gasteiger partial charge on any atom is 0.153 e. The van der Waals surface area contributed by atoms with E-state index in [1.807, 2.05) is 24.4 Å². The highest BCUT2D eigenvalue weighted by Gasteiger charge is 2.11. The lowest BCUT2D eigenvalue weighted by Gasteiger charge is -2.00. The molecule has 0 saturated carbocycles. The van der Waals surface area contributed by atoms with E-state index in [0.29, 0.717) is 6.61 Å². The van der Waals surface area contributed by atoms with E-state index in [2.05, 4.69) is 11.1 Å². The zero-order chi connectivity index (χ0) is 7.97. The molecule has 3 rings (SSSR count). The van der Waals surface area contributed by atoms with Crippen LogP contribution in [0.5, 0.6) is 5.75 Å². The van der Waals surface area contributed by atoms with Gasteiger partial charge in [0.15, 0.2) is 5.75 Å². The Balaban J connectivity index is 2.50. The molecule has 0 aromatic carbocycles. The number of pyridine rings is 1. The summed E-state index contributed by atoms with van der Waals surface area (Å²) in [4.78, 5) is 4.28. The van der Waals surface area contributed by atoms with Crippen molar-refractivity contribution in [2.75, 3.05) is 6.61 Å². The second-order valence-corrected chi connectivity index (χ2v) is 2.88. The van der Waals surface area contributed by atoms with Gasteiger partial charge >= 0.3 is 0 Å². The van der Waals surface area contributed by atoms with Gasteiger partial charge in [-0.05, 0) is 6.08 Å². The lowest BCUT2D eigenvalue weighted by molar-refractivity contribution is 0.383. The van der Waals surface area contributed by atoms with Crippen LogP contribution in [-0.2, 0) is 0 Å². The lowest BCUT2D eigenvalue weighted by Crippen LogP contribution is -2.15. The maximum absolute atomic E-state index is 5.45. The third-order valence-corrected chi connectivity index (χ3v) is 2.17. The van der Waals surface area contributed by atoms with Crippen LogP contribution in [0.3, 0.4) is 0 Å². The van der Waals surface area contributed by atoms with E-state index in [-0.39, 0.29) is 0 Å². The molecule has 0 spiro atoms. The van der Waals surface area contributed by atoms with Crippen LogP contribution in [-0.4, -0.2) is 11.6 Å². The van der Waals surface area contributed by atoms with Gasteiger partial charge in [0.2, 0.25) is 0 Å². The van der Waals surface area contributed by atoms with Crippen LogP contribution in [0.1, 0.15) is 5.56 Å². The predicted molar refractivity (Wildman–Crippen MR) is 46.9 cm³/mol. The van der Waals surface area contributed by atoms with Gasteiger partial charge in [-0.3, -0.25) is 4.98 Å². The van der Waals surface area contributed by atoms with Crippen molar-refractivity contribution in [1.82, 2.24) is 4.98 Å². The molecule has 1 aromatic rings. The molecule has 0 fully saturated rings. The summed E-state index contributed by atoms with van der Waals surface area (Å²) in [6.45, 7) is 0.659. The lowest BCUT2D eigenvalue weighted by atomic mass is 10.2. The summed E-state index contributed by atoms with van der Waals surface area (Å²) < 4.78 is 5.45. The Bertz CT molecular complexity index is 485. The minimum absolute atomic E-state index is 0.659. The summed E-state index contributed by atoms with van der Waals surface area (Å²) in [5.74, 6) is 0.942. The maximum atomic E-state index is 5.45. The molecular weight excluding hydrogens is 150 g/mol. The highest BCUT2D eigenvalue weighted by Crippen LogP contribution is 2.15. The third-order valence-electron chi connectivity index (χ3n) is 2.17. The summed E-state index contributed by atoms with van der Waals surface area (Å²) in [6.07, 6.45) is 10.0. The fourth-order valence-corrected chi connectivity index (χ4v) is 1.59. The van der Waals surface area contributed by atoms with Crippen LogP contribution in [0.2, 0.25) is 0 Å². The quantitative estimate of drug-likeness (QED) is 0.531. The van der Waals surface area contributed by atoms with Gasteiger partial charge in [0, 0.05) is 17.0 Å². The van der Waals surface area contributed by atoms with Gasteiger partial charge in [-0.2, -0.15) is 0 Å². The Labute approximate surface area is 69.5 Å². The Morgan fingerprint density at radius 1 is 1.42 bits per heavy atom. The molecule has 2 heterocycles. The van der Waals surface area contributed by atoms with Gasteiger partial charge in [-0.1, -0.05) is 18.2 Å². The minimum atomic E-state index is 0.659. The van der Waals surface area contributed by atoms with Crippen molar-refractivity contribution in [3.63, 3.8) is 0 Å². The number of aromatic nitrogens is 1. The summed E-state index contributed by atoms with van der Waals surface area (Å²) >= 11 is 0. The van der Waals surface area contributed by atoms with Crippen LogP contribution in [0, 0.1) is 0 Å². The largest absolute Gasteiger partial charge is 0.487 e. The van der Waals surface area contributed by atoms with Crippen LogP contribution >= 0.6 is 0 Å². The average molecular weight is 157 g/mol. The standard InChI is InChI=1S/C10H7NO/c1-2-7-6-11-9-4-5-12-10(9)8(7)3-1/h1-4,6H,5H2. The van der Waals surface area contributed by atoms with Crippen LogP contribution in [0.25, 0.3) is 18.2 Å². The zero-order valence-electron chi connectivity index (χ0n) is 6.45. The fourth-order valence-electron chi connectivity index (χ4n) is 1.59. The minimum Gasteiger partial charge on any atom is -0.487 e. The average Bonchev–Trinajstić information content (AvgIpc) is 2.71. The molecule has 0 radical (unpaired) electrons. The molecule has 0 N–H and O–H groups in total.